The summed E-state index contributed by atoms with van der Waals surface area (Å²) in [5.74, 6) is -1.89. The van der Waals surface area contributed by atoms with Crippen molar-refractivity contribution in [1.29, 1.82) is 0 Å². The molecule has 0 unspecified atom stereocenters. The Bertz CT molecular complexity index is 675. The average Bonchev–Trinajstić information content (AvgIpc) is 2.36. The summed E-state index contributed by atoms with van der Waals surface area (Å²) in [4.78, 5) is 11.0. The number of carbonyl (C=O) groups excluding carboxylic acids is 1. The molecule has 19 heavy (non-hydrogen) atoms. The average molecular weight is 262 g/mol. The zero-order valence-electron chi connectivity index (χ0n) is 10.5. The molecular weight excluding hydrogens is 250 g/mol. The molecule has 0 aliphatic rings. The second-order valence-corrected chi connectivity index (χ2v) is 4.17. The number of ether oxygens (including phenoxy) is 1. The van der Waals surface area contributed by atoms with Crippen molar-refractivity contribution in [2.24, 2.45) is 0 Å². The summed E-state index contributed by atoms with van der Waals surface area (Å²) in [6.07, 6.45) is 2.36. The van der Waals surface area contributed by atoms with Gasteiger partial charge in [0.1, 0.15) is 11.6 Å². The van der Waals surface area contributed by atoms with E-state index in [4.69, 9.17) is 0 Å². The molecule has 0 saturated heterocycles. The van der Waals surface area contributed by atoms with Crippen LogP contribution in [0.1, 0.15) is 11.1 Å². The van der Waals surface area contributed by atoms with Gasteiger partial charge in [-0.05, 0) is 30.0 Å². The van der Waals surface area contributed by atoms with Crippen LogP contribution in [0.4, 0.5) is 8.78 Å². The summed E-state index contributed by atoms with van der Waals surface area (Å²) in [5, 5.41) is 0.419. The predicted octanol–water partition coefficient (Wildman–Crippen LogP) is 3.61. The Morgan fingerprint density at radius 2 is 2.00 bits per heavy atom. The molecule has 0 aliphatic carbocycles. The highest BCUT2D eigenvalue weighted by molar-refractivity contribution is 5.90. The van der Waals surface area contributed by atoms with E-state index >= 15 is 0 Å². The first-order valence-corrected chi connectivity index (χ1v) is 5.67. The fourth-order valence-corrected chi connectivity index (χ4v) is 1.88. The van der Waals surface area contributed by atoms with Crippen LogP contribution in [0.15, 0.2) is 30.3 Å². The van der Waals surface area contributed by atoms with E-state index in [2.05, 4.69) is 4.74 Å². The molecule has 0 heterocycles. The number of methoxy groups -OCH3 is 1. The van der Waals surface area contributed by atoms with Crippen LogP contribution < -0.4 is 0 Å². The molecule has 2 nitrogen and oxygen atoms in total. The monoisotopic (exact) mass is 262 g/mol. The van der Waals surface area contributed by atoms with Gasteiger partial charge in [0.2, 0.25) is 0 Å². The maximum atomic E-state index is 14.2. The van der Waals surface area contributed by atoms with Gasteiger partial charge in [0, 0.05) is 11.6 Å². The van der Waals surface area contributed by atoms with Gasteiger partial charge in [-0.15, -0.1) is 0 Å². The SMILES string of the molecule is COC(=O)/C=C/c1ccc2cc(C)cc(F)c2c1F. The van der Waals surface area contributed by atoms with Crippen LogP contribution in [0.3, 0.4) is 0 Å². The minimum atomic E-state index is -0.685. The quantitative estimate of drug-likeness (QED) is 0.610. The minimum Gasteiger partial charge on any atom is -0.466 e. The fraction of sp³-hybridized carbons (Fsp3) is 0.133. The van der Waals surface area contributed by atoms with Crippen LogP contribution in [0, 0.1) is 18.6 Å². The van der Waals surface area contributed by atoms with E-state index in [0.29, 0.717) is 5.39 Å². The van der Waals surface area contributed by atoms with Gasteiger partial charge in [-0.25, -0.2) is 13.6 Å². The van der Waals surface area contributed by atoms with E-state index in [9.17, 15) is 13.6 Å². The molecule has 0 bridgehead atoms. The predicted molar refractivity (Wildman–Crippen MR) is 69.7 cm³/mol. The van der Waals surface area contributed by atoms with Crippen molar-refractivity contribution in [2.75, 3.05) is 7.11 Å². The molecule has 98 valence electrons. The molecule has 2 aromatic carbocycles. The lowest BCUT2D eigenvalue weighted by atomic mass is 10.0. The highest BCUT2D eigenvalue weighted by atomic mass is 19.1. The third-order valence-electron chi connectivity index (χ3n) is 2.78. The van der Waals surface area contributed by atoms with Crippen molar-refractivity contribution < 1.29 is 18.3 Å². The first-order chi connectivity index (χ1) is 9.02. The van der Waals surface area contributed by atoms with Gasteiger partial charge in [0.05, 0.1) is 12.5 Å². The summed E-state index contributed by atoms with van der Waals surface area (Å²) in [6, 6.07) is 6.09. The summed E-state index contributed by atoms with van der Waals surface area (Å²) in [6.45, 7) is 1.74. The van der Waals surface area contributed by atoms with Crippen molar-refractivity contribution in [2.45, 2.75) is 6.92 Å². The Hall–Kier alpha value is -2.23. The number of fused-ring (bicyclic) bond motifs is 1. The highest BCUT2D eigenvalue weighted by Gasteiger charge is 2.11. The van der Waals surface area contributed by atoms with Gasteiger partial charge in [0.25, 0.3) is 0 Å². The Morgan fingerprint density at radius 3 is 2.68 bits per heavy atom. The summed E-state index contributed by atoms with van der Waals surface area (Å²) in [5.41, 5.74) is 0.864. The van der Waals surface area contributed by atoms with Gasteiger partial charge in [0.15, 0.2) is 0 Å². The number of rotatable bonds is 2. The standard InChI is InChI=1S/C15H12F2O2/c1-9-7-11-4-3-10(5-6-13(18)19-2)15(17)14(11)12(16)8-9/h3-8H,1-2H3/b6-5+. The van der Waals surface area contributed by atoms with Crippen LogP contribution in [-0.4, -0.2) is 13.1 Å². The van der Waals surface area contributed by atoms with Crippen LogP contribution in [0.25, 0.3) is 16.8 Å². The molecule has 0 saturated carbocycles. The molecule has 0 aliphatic heterocycles. The van der Waals surface area contributed by atoms with Crippen LogP contribution in [-0.2, 0) is 9.53 Å². The molecule has 4 heteroatoms. The summed E-state index contributed by atoms with van der Waals surface area (Å²) >= 11 is 0. The maximum Gasteiger partial charge on any atom is 0.330 e. The summed E-state index contributed by atoms with van der Waals surface area (Å²) < 4.78 is 32.4. The largest absolute Gasteiger partial charge is 0.466 e. The molecule has 0 amide bonds. The Balaban J connectivity index is 2.58. The topological polar surface area (TPSA) is 26.3 Å². The highest BCUT2D eigenvalue weighted by Crippen LogP contribution is 2.26. The van der Waals surface area contributed by atoms with Gasteiger partial charge in [-0.2, -0.15) is 0 Å². The van der Waals surface area contributed by atoms with Gasteiger partial charge in [-0.1, -0.05) is 18.2 Å². The van der Waals surface area contributed by atoms with Crippen molar-refractivity contribution in [3.8, 4) is 0 Å². The molecule has 2 rings (SSSR count). The van der Waals surface area contributed by atoms with E-state index in [1.807, 2.05) is 0 Å². The first kappa shape index (κ1) is 13.2. The Labute approximate surface area is 109 Å². The number of halogens is 2. The molecule has 0 fully saturated rings. The molecule has 0 spiro atoms. The number of carbonyl (C=O) groups is 1. The lowest BCUT2D eigenvalue weighted by Crippen LogP contribution is -1.95. The number of hydrogen-bond donors (Lipinski definition) is 0. The summed E-state index contributed by atoms with van der Waals surface area (Å²) in [7, 11) is 1.23. The van der Waals surface area contributed by atoms with Crippen LogP contribution in [0.2, 0.25) is 0 Å². The van der Waals surface area contributed by atoms with E-state index in [1.54, 1.807) is 19.1 Å². The zero-order valence-corrected chi connectivity index (χ0v) is 10.5. The molecule has 2 aromatic rings. The van der Waals surface area contributed by atoms with Crippen molar-refractivity contribution in [1.82, 2.24) is 0 Å². The zero-order chi connectivity index (χ0) is 14.0. The fourth-order valence-electron chi connectivity index (χ4n) is 1.88. The lowest BCUT2D eigenvalue weighted by Gasteiger charge is -2.05. The molecule has 0 atom stereocenters. The number of benzene rings is 2. The second kappa shape index (κ2) is 5.18. The lowest BCUT2D eigenvalue weighted by molar-refractivity contribution is -0.134. The van der Waals surface area contributed by atoms with Gasteiger partial charge >= 0.3 is 5.97 Å². The van der Waals surface area contributed by atoms with Gasteiger partial charge in [-0.3, -0.25) is 0 Å². The normalized spacial score (nSPS) is 11.2. The van der Waals surface area contributed by atoms with E-state index < -0.39 is 17.6 Å². The molecule has 0 N–H and O–H groups in total. The smallest absolute Gasteiger partial charge is 0.330 e. The minimum absolute atomic E-state index is 0.0717. The number of hydrogen-bond acceptors (Lipinski definition) is 2. The van der Waals surface area contributed by atoms with Crippen molar-refractivity contribution in [3.63, 3.8) is 0 Å². The third kappa shape index (κ3) is 2.62. The van der Waals surface area contributed by atoms with Crippen molar-refractivity contribution in [3.05, 3.63) is 53.1 Å². The third-order valence-corrected chi connectivity index (χ3v) is 2.78. The van der Waals surface area contributed by atoms with E-state index in [1.165, 1.54) is 25.3 Å². The number of esters is 1. The first-order valence-electron chi connectivity index (χ1n) is 5.67. The molecular formula is C15H12F2O2. The second-order valence-electron chi connectivity index (χ2n) is 4.17. The van der Waals surface area contributed by atoms with Crippen molar-refractivity contribution >= 4 is 22.8 Å². The number of aryl methyl sites for hydroxylation is 1. The van der Waals surface area contributed by atoms with Crippen LogP contribution in [0.5, 0.6) is 0 Å². The van der Waals surface area contributed by atoms with Crippen LogP contribution >= 0.6 is 0 Å². The maximum absolute atomic E-state index is 14.2. The van der Waals surface area contributed by atoms with E-state index in [-0.39, 0.29) is 10.9 Å². The molecule has 0 radical (unpaired) electrons. The Kier molecular flexibility index (Phi) is 3.60. The molecule has 0 aromatic heterocycles. The Morgan fingerprint density at radius 1 is 1.26 bits per heavy atom. The van der Waals surface area contributed by atoms with E-state index in [0.717, 1.165) is 11.6 Å². The van der Waals surface area contributed by atoms with Gasteiger partial charge < -0.3 is 4.74 Å².